The molecule has 0 fully saturated rings. The van der Waals surface area contributed by atoms with Gasteiger partial charge in [-0.05, 0) is 76.5 Å². The Hall–Kier alpha value is -2.87. The monoisotopic (exact) mass is 531 g/mol. The summed E-state index contributed by atoms with van der Waals surface area (Å²) < 4.78 is 12.1. The smallest absolute Gasteiger partial charge is 0.262 e. The predicted molar refractivity (Wildman–Crippen MR) is 138 cm³/mol. The number of amides is 2. The molecule has 0 bridgehead atoms. The molecule has 2 aromatic carbocycles. The first-order valence-corrected chi connectivity index (χ1v) is 12.2. The van der Waals surface area contributed by atoms with E-state index >= 15 is 0 Å². The van der Waals surface area contributed by atoms with Gasteiger partial charge in [-0.3, -0.25) is 9.59 Å². The number of hydrogen-bond acceptors (Lipinski definition) is 5. The zero-order valence-electron chi connectivity index (χ0n) is 20.4. The predicted octanol–water partition coefficient (Wildman–Crippen LogP) is 4.85. The summed E-state index contributed by atoms with van der Waals surface area (Å²) in [5, 5.41) is 6.81. The molecule has 0 saturated carbocycles. The molecule has 1 atom stereocenters. The van der Waals surface area contributed by atoms with Gasteiger partial charge in [0, 0.05) is 0 Å². The van der Waals surface area contributed by atoms with Gasteiger partial charge in [-0.2, -0.15) is 5.10 Å². The van der Waals surface area contributed by atoms with Gasteiger partial charge in [-0.25, -0.2) is 5.43 Å². The highest BCUT2D eigenvalue weighted by Crippen LogP contribution is 2.26. The van der Waals surface area contributed by atoms with Crippen LogP contribution in [0.4, 0.5) is 0 Å². The van der Waals surface area contributed by atoms with Crippen molar-refractivity contribution in [2.75, 3.05) is 13.2 Å². The summed E-state index contributed by atoms with van der Waals surface area (Å²) in [6.07, 6.45) is 2.02. The van der Waals surface area contributed by atoms with Gasteiger partial charge in [0.15, 0.2) is 6.61 Å². The van der Waals surface area contributed by atoms with E-state index in [-0.39, 0.29) is 24.3 Å². The first-order chi connectivity index (χ1) is 16.2. The summed E-state index contributed by atoms with van der Waals surface area (Å²) in [6, 6.07) is 12.3. The molecule has 2 amide bonds. The summed E-state index contributed by atoms with van der Waals surface area (Å²) in [5.74, 6) is 1.27. The van der Waals surface area contributed by atoms with E-state index in [4.69, 9.17) is 9.47 Å². The minimum atomic E-state index is -0.719. The van der Waals surface area contributed by atoms with Crippen LogP contribution in [-0.4, -0.2) is 37.3 Å². The lowest BCUT2D eigenvalue weighted by molar-refractivity contribution is -0.130. The van der Waals surface area contributed by atoms with E-state index in [2.05, 4.69) is 45.6 Å². The second-order valence-corrected chi connectivity index (χ2v) is 9.79. The van der Waals surface area contributed by atoms with Crippen molar-refractivity contribution in [1.82, 2.24) is 10.7 Å². The van der Waals surface area contributed by atoms with Gasteiger partial charge in [0.2, 0.25) is 0 Å². The van der Waals surface area contributed by atoms with E-state index in [0.717, 1.165) is 21.3 Å². The Bertz CT molecular complexity index is 992. The zero-order chi connectivity index (χ0) is 25.1. The number of halogens is 1. The van der Waals surface area contributed by atoms with Gasteiger partial charge in [0.25, 0.3) is 11.8 Å². The molecule has 0 heterocycles. The molecule has 0 aliphatic carbocycles. The summed E-state index contributed by atoms with van der Waals surface area (Å²) >= 11 is 3.50. The maximum Gasteiger partial charge on any atom is 0.262 e. The van der Waals surface area contributed by atoms with Crippen molar-refractivity contribution in [1.29, 1.82) is 0 Å². The lowest BCUT2D eigenvalue weighted by Crippen LogP contribution is -2.47. The summed E-state index contributed by atoms with van der Waals surface area (Å²) in [4.78, 5) is 25.1. The van der Waals surface area contributed by atoms with Crippen LogP contribution in [0, 0.1) is 18.8 Å². The van der Waals surface area contributed by atoms with E-state index in [0.29, 0.717) is 24.7 Å². The highest BCUT2D eigenvalue weighted by Gasteiger charge is 2.22. The van der Waals surface area contributed by atoms with E-state index in [1.807, 2.05) is 57.2 Å². The molecule has 2 N–H and O–H groups in total. The molecule has 34 heavy (non-hydrogen) atoms. The number of carbonyl (C=O) groups is 2. The second kappa shape index (κ2) is 13.7. The Labute approximate surface area is 210 Å². The van der Waals surface area contributed by atoms with Crippen molar-refractivity contribution in [3.63, 3.8) is 0 Å². The molecule has 0 spiro atoms. The van der Waals surface area contributed by atoms with Gasteiger partial charge in [0.1, 0.15) is 17.5 Å². The van der Waals surface area contributed by atoms with Crippen LogP contribution < -0.4 is 20.2 Å². The zero-order valence-corrected chi connectivity index (χ0v) is 22.0. The number of nitrogens with one attached hydrogen (secondary N) is 2. The van der Waals surface area contributed by atoms with Gasteiger partial charge in [0.05, 0.1) is 17.3 Å². The van der Waals surface area contributed by atoms with Crippen LogP contribution in [0.1, 0.15) is 45.2 Å². The first kappa shape index (κ1) is 27.4. The highest BCUT2D eigenvalue weighted by molar-refractivity contribution is 9.10. The number of hydrogen-bond donors (Lipinski definition) is 2. The minimum Gasteiger partial charge on any atom is -0.492 e. The average molecular weight is 532 g/mol. The summed E-state index contributed by atoms with van der Waals surface area (Å²) in [5.41, 5.74) is 4.26. The SMILES string of the molecule is Cc1ccccc1OCC(=O)N[C@H](CC(C)C)C(=O)N/N=C\c1ccc(OCC(C)C)c(Br)c1. The fraction of sp³-hybridized carbons (Fsp3) is 0.423. The van der Waals surface area contributed by atoms with Crippen LogP contribution in [0.5, 0.6) is 11.5 Å². The van der Waals surface area contributed by atoms with Gasteiger partial charge >= 0.3 is 0 Å². The topological polar surface area (TPSA) is 89.0 Å². The molecule has 2 aromatic rings. The van der Waals surface area contributed by atoms with Gasteiger partial charge < -0.3 is 14.8 Å². The number of ether oxygens (including phenoxy) is 2. The Morgan fingerprint density at radius 3 is 2.41 bits per heavy atom. The molecule has 2 rings (SSSR count). The fourth-order valence-electron chi connectivity index (χ4n) is 3.02. The number of aryl methyl sites for hydroxylation is 1. The molecule has 0 unspecified atom stereocenters. The normalized spacial score (nSPS) is 12.1. The van der Waals surface area contributed by atoms with Crippen LogP contribution in [0.2, 0.25) is 0 Å². The maximum absolute atomic E-state index is 12.7. The van der Waals surface area contributed by atoms with E-state index in [1.165, 1.54) is 0 Å². The molecule has 0 aliphatic rings. The molecule has 184 valence electrons. The van der Waals surface area contributed by atoms with Crippen LogP contribution in [0.15, 0.2) is 52.0 Å². The number of hydrazone groups is 1. The summed E-state index contributed by atoms with van der Waals surface area (Å²) in [6.45, 7) is 10.5. The minimum absolute atomic E-state index is 0.171. The van der Waals surface area contributed by atoms with Gasteiger partial charge in [-0.15, -0.1) is 0 Å². The Morgan fingerprint density at radius 1 is 1.03 bits per heavy atom. The second-order valence-electron chi connectivity index (χ2n) is 8.93. The Morgan fingerprint density at radius 2 is 1.76 bits per heavy atom. The third-order valence-corrected chi connectivity index (χ3v) is 5.35. The molecular formula is C26H34BrN3O4. The standard InChI is InChI=1S/C26H34BrN3O4/c1-17(2)12-22(29-25(31)16-34-23-9-7-6-8-19(23)5)26(32)30-28-14-20-10-11-24(21(27)13-20)33-15-18(3)4/h6-11,13-14,17-18,22H,12,15-16H2,1-5H3,(H,29,31)(H,30,32)/b28-14-/t22-/m1/s1. The van der Waals surface area contributed by atoms with E-state index < -0.39 is 6.04 Å². The number of benzene rings is 2. The largest absolute Gasteiger partial charge is 0.492 e. The molecule has 0 aromatic heterocycles. The lowest BCUT2D eigenvalue weighted by atomic mass is 10.0. The van der Waals surface area contributed by atoms with Crippen molar-refractivity contribution < 1.29 is 19.1 Å². The van der Waals surface area contributed by atoms with Crippen molar-refractivity contribution in [3.8, 4) is 11.5 Å². The maximum atomic E-state index is 12.7. The van der Waals surface area contributed by atoms with Crippen LogP contribution in [0.3, 0.4) is 0 Å². The number of nitrogens with zero attached hydrogens (tertiary/aromatic N) is 1. The average Bonchev–Trinajstić information content (AvgIpc) is 2.77. The highest BCUT2D eigenvalue weighted by atomic mass is 79.9. The fourth-order valence-corrected chi connectivity index (χ4v) is 3.53. The quantitative estimate of drug-likeness (QED) is 0.302. The third-order valence-electron chi connectivity index (χ3n) is 4.73. The first-order valence-electron chi connectivity index (χ1n) is 11.4. The number of para-hydroxylation sites is 1. The number of carbonyl (C=O) groups excluding carboxylic acids is 2. The van der Waals surface area contributed by atoms with Crippen molar-refractivity contribution in [2.24, 2.45) is 16.9 Å². The van der Waals surface area contributed by atoms with Crippen LogP contribution in [-0.2, 0) is 9.59 Å². The van der Waals surface area contributed by atoms with Gasteiger partial charge in [-0.1, -0.05) is 45.9 Å². The Balaban J connectivity index is 1.93. The molecular weight excluding hydrogens is 498 g/mol. The van der Waals surface area contributed by atoms with Crippen LogP contribution in [0.25, 0.3) is 0 Å². The lowest BCUT2D eigenvalue weighted by Gasteiger charge is -2.19. The van der Waals surface area contributed by atoms with Crippen LogP contribution >= 0.6 is 15.9 Å². The molecule has 7 nitrogen and oxygen atoms in total. The van der Waals surface area contributed by atoms with Crippen molar-refractivity contribution in [2.45, 2.75) is 47.1 Å². The third kappa shape index (κ3) is 9.55. The van der Waals surface area contributed by atoms with Crippen molar-refractivity contribution >= 4 is 34.0 Å². The van der Waals surface area contributed by atoms with E-state index in [9.17, 15) is 9.59 Å². The Kier molecular flexibility index (Phi) is 11.1. The molecule has 0 radical (unpaired) electrons. The molecule has 0 aliphatic heterocycles. The number of rotatable bonds is 12. The molecule has 8 heteroatoms. The van der Waals surface area contributed by atoms with E-state index in [1.54, 1.807) is 12.3 Å². The summed E-state index contributed by atoms with van der Waals surface area (Å²) in [7, 11) is 0. The van der Waals surface area contributed by atoms with Crippen molar-refractivity contribution in [3.05, 3.63) is 58.1 Å². The molecule has 0 saturated heterocycles.